The van der Waals surface area contributed by atoms with Crippen molar-refractivity contribution in [3.05, 3.63) is 18.1 Å². The molecule has 1 aromatic rings. The van der Waals surface area contributed by atoms with Crippen molar-refractivity contribution in [3.63, 3.8) is 0 Å². The maximum absolute atomic E-state index is 12.3. The van der Waals surface area contributed by atoms with Gasteiger partial charge in [0.15, 0.2) is 11.5 Å². The molecule has 2 atom stereocenters. The van der Waals surface area contributed by atoms with E-state index in [1.807, 2.05) is 0 Å². The second-order valence-corrected chi connectivity index (χ2v) is 5.78. The molecule has 0 unspecified atom stereocenters. The Morgan fingerprint density at radius 3 is 2.91 bits per heavy atom. The lowest BCUT2D eigenvalue weighted by molar-refractivity contribution is -0.142. The highest BCUT2D eigenvalue weighted by atomic mass is 16.4. The molecule has 0 radical (unpaired) electrons. The fourth-order valence-corrected chi connectivity index (χ4v) is 3.34. The van der Waals surface area contributed by atoms with E-state index < -0.39 is 17.5 Å². The number of nitrogens with zero attached hydrogens (tertiary/aromatic N) is 3. The van der Waals surface area contributed by atoms with E-state index in [4.69, 9.17) is 0 Å². The van der Waals surface area contributed by atoms with Gasteiger partial charge >= 0.3 is 5.97 Å². The Labute approximate surface area is 127 Å². The number of carboxylic acid groups (broad SMARTS) is 1. The van der Waals surface area contributed by atoms with E-state index >= 15 is 0 Å². The summed E-state index contributed by atoms with van der Waals surface area (Å²) in [7, 11) is 0. The average Bonchev–Trinajstić information content (AvgIpc) is 2.52. The third kappa shape index (κ3) is 2.29. The van der Waals surface area contributed by atoms with E-state index in [0.717, 1.165) is 6.42 Å². The number of carboxylic acids is 1. The summed E-state index contributed by atoms with van der Waals surface area (Å²) in [6.45, 7) is 1.30. The predicted octanol–water partition coefficient (Wildman–Crippen LogP) is -0.358. The normalized spacial score (nSPS) is 28.5. The number of nitrogens with one attached hydrogen (secondary N) is 1. The lowest BCUT2D eigenvalue weighted by Gasteiger charge is -2.47. The molecule has 1 spiro atoms. The number of amides is 1. The molecule has 0 bridgehead atoms. The van der Waals surface area contributed by atoms with Gasteiger partial charge in [0.1, 0.15) is 0 Å². The van der Waals surface area contributed by atoms with Crippen LogP contribution in [0.4, 0.5) is 5.82 Å². The molecule has 0 aliphatic carbocycles. The maximum atomic E-state index is 12.3. The molecule has 2 aliphatic rings. The van der Waals surface area contributed by atoms with Crippen LogP contribution in [0.1, 0.15) is 29.8 Å². The van der Waals surface area contributed by atoms with Crippen molar-refractivity contribution in [1.29, 1.82) is 0 Å². The highest BCUT2D eigenvalue weighted by molar-refractivity contribution is 5.91. The van der Waals surface area contributed by atoms with E-state index in [9.17, 15) is 19.8 Å². The van der Waals surface area contributed by atoms with Gasteiger partial charge < -0.3 is 20.4 Å². The minimum absolute atomic E-state index is 0.134. The van der Waals surface area contributed by atoms with Gasteiger partial charge in [0.05, 0.1) is 11.5 Å². The van der Waals surface area contributed by atoms with Crippen molar-refractivity contribution >= 4 is 17.7 Å². The third-order valence-electron chi connectivity index (χ3n) is 4.50. The summed E-state index contributed by atoms with van der Waals surface area (Å²) in [5, 5.41) is 22.4. The zero-order chi connectivity index (χ0) is 15.7. The van der Waals surface area contributed by atoms with Crippen LogP contribution in [0.5, 0.6) is 0 Å². The summed E-state index contributed by atoms with van der Waals surface area (Å²) in [4.78, 5) is 33.4. The lowest BCUT2D eigenvalue weighted by atomic mass is 9.71. The van der Waals surface area contributed by atoms with Gasteiger partial charge in [-0.2, -0.15) is 0 Å². The number of hydrogen-bond donors (Lipinski definition) is 3. The topological polar surface area (TPSA) is 116 Å². The zero-order valence-corrected chi connectivity index (χ0v) is 12.0. The first-order valence-electron chi connectivity index (χ1n) is 7.30. The van der Waals surface area contributed by atoms with Crippen LogP contribution >= 0.6 is 0 Å². The van der Waals surface area contributed by atoms with Crippen LogP contribution in [-0.4, -0.2) is 57.8 Å². The second kappa shape index (κ2) is 5.53. The van der Waals surface area contributed by atoms with Crippen molar-refractivity contribution in [1.82, 2.24) is 15.3 Å². The van der Waals surface area contributed by atoms with Gasteiger partial charge in [0.2, 0.25) is 5.91 Å². The third-order valence-corrected chi connectivity index (χ3v) is 4.50. The molecule has 2 fully saturated rings. The van der Waals surface area contributed by atoms with Crippen LogP contribution in [-0.2, 0) is 4.79 Å². The van der Waals surface area contributed by atoms with Crippen LogP contribution in [0.3, 0.4) is 0 Å². The van der Waals surface area contributed by atoms with Gasteiger partial charge in [-0.05, 0) is 19.3 Å². The fraction of sp³-hybridized carbons (Fsp3) is 0.571. The average molecular weight is 306 g/mol. The molecule has 3 rings (SSSR count). The molecule has 2 saturated heterocycles. The molecule has 3 N–H and O–H groups in total. The van der Waals surface area contributed by atoms with Crippen molar-refractivity contribution < 1.29 is 19.8 Å². The monoisotopic (exact) mass is 306 g/mol. The van der Waals surface area contributed by atoms with Crippen molar-refractivity contribution in [2.45, 2.75) is 25.4 Å². The van der Waals surface area contributed by atoms with Crippen LogP contribution in [0.25, 0.3) is 0 Å². The molecule has 0 saturated carbocycles. The molecule has 1 amide bonds. The molecule has 118 valence electrons. The minimum atomic E-state index is -1.16. The van der Waals surface area contributed by atoms with Crippen LogP contribution in [0.2, 0.25) is 0 Å². The van der Waals surface area contributed by atoms with Crippen molar-refractivity contribution in [2.24, 2.45) is 5.41 Å². The zero-order valence-electron chi connectivity index (χ0n) is 12.0. The summed E-state index contributed by atoms with van der Waals surface area (Å²) < 4.78 is 0. The molecular formula is C14H18N4O4. The molecule has 0 aromatic carbocycles. The van der Waals surface area contributed by atoms with Gasteiger partial charge in [0, 0.05) is 32.0 Å². The number of carbonyl (C=O) groups excluding carboxylic acids is 1. The second-order valence-electron chi connectivity index (χ2n) is 5.78. The van der Waals surface area contributed by atoms with E-state index in [1.54, 1.807) is 4.90 Å². The minimum Gasteiger partial charge on any atom is -0.476 e. The SMILES string of the molecule is O=C(O)c1nccnc1N1CC[C@H](O)[C@@]2(CCCNC2=O)C1. The predicted molar refractivity (Wildman–Crippen MR) is 76.5 cm³/mol. The maximum Gasteiger partial charge on any atom is 0.358 e. The Morgan fingerprint density at radius 1 is 1.41 bits per heavy atom. The first-order valence-corrected chi connectivity index (χ1v) is 7.30. The number of hydrogen-bond acceptors (Lipinski definition) is 6. The number of piperidine rings is 2. The summed E-state index contributed by atoms with van der Waals surface area (Å²) in [5.41, 5.74) is -1.03. The Morgan fingerprint density at radius 2 is 2.18 bits per heavy atom. The standard InChI is InChI=1S/C14H18N4O4/c19-9-2-7-18(8-14(9)3-1-4-17-13(14)22)11-10(12(20)21)15-5-6-16-11/h5-6,9,19H,1-4,7-8H2,(H,17,22)(H,20,21)/t9-,14+/m0/s1. The number of aliphatic hydroxyl groups excluding tert-OH is 1. The Hall–Kier alpha value is -2.22. The van der Waals surface area contributed by atoms with Crippen LogP contribution in [0.15, 0.2) is 12.4 Å². The molecular weight excluding hydrogens is 288 g/mol. The molecule has 22 heavy (non-hydrogen) atoms. The van der Waals surface area contributed by atoms with Crippen LogP contribution < -0.4 is 10.2 Å². The smallest absolute Gasteiger partial charge is 0.358 e. The van der Waals surface area contributed by atoms with E-state index in [1.165, 1.54) is 12.4 Å². The first kappa shape index (κ1) is 14.7. The highest BCUT2D eigenvalue weighted by Crippen LogP contribution is 2.38. The van der Waals surface area contributed by atoms with Gasteiger partial charge in [-0.15, -0.1) is 0 Å². The Bertz CT molecular complexity index is 608. The lowest BCUT2D eigenvalue weighted by Crippen LogP contribution is -2.61. The summed E-state index contributed by atoms with van der Waals surface area (Å²) in [6, 6.07) is 0. The molecule has 2 aliphatic heterocycles. The van der Waals surface area contributed by atoms with Crippen molar-refractivity contribution in [2.75, 3.05) is 24.5 Å². The Balaban J connectivity index is 1.94. The molecule has 3 heterocycles. The number of anilines is 1. The summed E-state index contributed by atoms with van der Waals surface area (Å²) >= 11 is 0. The highest BCUT2D eigenvalue weighted by Gasteiger charge is 2.50. The number of aromatic carboxylic acids is 1. The van der Waals surface area contributed by atoms with Gasteiger partial charge in [0.25, 0.3) is 0 Å². The van der Waals surface area contributed by atoms with Gasteiger partial charge in [-0.25, -0.2) is 14.8 Å². The quantitative estimate of drug-likeness (QED) is 0.683. The van der Waals surface area contributed by atoms with E-state index in [-0.39, 0.29) is 24.0 Å². The van der Waals surface area contributed by atoms with Gasteiger partial charge in [-0.1, -0.05) is 0 Å². The summed E-state index contributed by atoms with van der Waals surface area (Å²) in [6.07, 6.45) is 3.80. The molecule has 8 heteroatoms. The van der Waals surface area contributed by atoms with E-state index in [0.29, 0.717) is 25.9 Å². The largest absolute Gasteiger partial charge is 0.476 e. The number of aliphatic hydroxyl groups is 1. The number of aromatic nitrogens is 2. The molecule has 8 nitrogen and oxygen atoms in total. The van der Waals surface area contributed by atoms with Crippen molar-refractivity contribution in [3.8, 4) is 0 Å². The number of rotatable bonds is 2. The Kier molecular flexibility index (Phi) is 3.69. The van der Waals surface area contributed by atoms with Gasteiger partial charge in [-0.3, -0.25) is 4.79 Å². The summed E-state index contributed by atoms with van der Waals surface area (Å²) in [5.74, 6) is -1.08. The molecule has 1 aromatic heterocycles. The fourth-order valence-electron chi connectivity index (χ4n) is 3.34. The number of carbonyl (C=O) groups is 2. The first-order chi connectivity index (χ1) is 10.5. The van der Waals surface area contributed by atoms with E-state index in [2.05, 4.69) is 15.3 Å². The van der Waals surface area contributed by atoms with Crippen LogP contribution in [0, 0.1) is 5.41 Å².